The summed E-state index contributed by atoms with van der Waals surface area (Å²) in [6.07, 6.45) is 0.493. The molecule has 0 bridgehead atoms. The van der Waals surface area contributed by atoms with Crippen LogP contribution in [0.5, 0.6) is 5.75 Å². The number of hydrogen-bond acceptors (Lipinski definition) is 4. The SMILES string of the molecule is COc1ccc(NC(=O)CN2CCC(O)C(C)C2)cc1. The van der Waals surface area contributed by atoms with E-state index in [9.17, 15) is 9.90 Å². The quantitative estimate of drug-likeness (QED) is 0.872. The summed E-state index contributed by atoms with van der Waals surface area (Å²) in [4.78, 5) is 14.1. The maximum atomic E-state index is 12.0. The van der Waals surface area contributed by atoms with Gasteiger partial charge in [-0.1, -0.05) is 6.92 Å². The summed E-state index contributed by atoms with van der Waals surface area (Å²) in [6, 6.07) is 7.27. The van der Waals surface area contributed by atoms with Gasteiger partial charge >= 0.3 is 0 Å². The van der Waals surface area contributed by atoms with Crippen LogP contribution < -0.4 is 10.1 Å². The molecule has 1 saturated heterocycles. The molecule has 1 aliphatic rings. The molecule has 1 aromatic rings. The predicted octanol–water partition coefficient (Wildman–Crippen LogP) is 1.34. The zero-order valence-electron chi connectivity index (χ0n) is 12.0. The number of carbonyl (C=O) groups excluding carboxylic acids is 1. The summed E-state index contributed by atoms with van der Waals surface area (Å²) < 4.78 is 5.07. The number of aliphatic hydroxyl groups is 1. The van der Waals surface area contributed by atoms with Crippen LogP contribution in [0.2, 0.25) is 0 Å². The van der Waals surface area contributed by atoms with Crippen LogP contribution in [0.3, 0.4) is 0 Å². The number of aliphatic hydroxyl groups excluding tert-OH is 1. The minimum Gasteiger partial charge on any atom is -0.497 e. The van der Waals surface area contributed by atoms with Gasteiger partial charge in [-0.25, -0.2) is 0 Å². The molecule has 1 aliphatic heterocycles. The van der Waals surface area contributed by atoms with E-state index in [1.807, 2.05) is 31.2 Å². The van der Waals surface area contributed by atoms with Gasteiger partial charge in [0.15, 0.2) is 0 Å². The van der Waals surface area contributed by atoms with Crippen molar-refractivity contribution in [2.75, 3.05) is 32.1 Å². The van der Waals surface area contributed by atoms with Crippen LogP contribution in [0, 0.1) is 5.92 Å². The predicted molar refractivity (Wildman–Crippen MR) is 77.9 cm³/mol. The molecule has 2 N–H and O–H groups in total. The van der Waals surface area contributed by atoms with Crippen LogP contribution in [0.4, 0.5) is 5.69 Å². The second-order valence-electron chi connectivity index (χ2n) is 5.35. The lowest BCUT2D eigenvalue weighted by Crippen LogP contribution is -2.45. The minimum absolute atomic E-state index is 0.0289. The van der Waals surface area contributed by atoms with E-state index in [-0.39, 0.29) is 17.9 Å². The van der Waals surface area contributed by atoms with Crippen molar-refractivity contribution in [3.63, 3.8) is 0 Å². The number of nitrogens with zero attached hydrogens (tertiary/aromatic N) is 1. The normalized spacial score (nSPS) is 23.4. The molecule has 5 heteroatoms. The van der Waals surface area contributed by atoms with Crippen molar-refractivity contribution < 1.29 is 14.6 Å². The molecule has 0 radical (unpaired) electrons. The second-order valence-corrected chi connectivity index (χ2v) is 5.35. The van der Waals surface area contributed by atoms with E-state index in [1.54, 1.807) is 7.11 Å². The summed E-state index contributed by atoms with van der Waals surface area (Å²) in [6.45, 7) is 3.90. The molecule has 1 amide bonds. The van der Waals surface area contributed by atoms with Gasteiger partial charge in [0.1, 0.15) is 5.75 Å². The third-order valence-electron chi connectivity index (χ3n) is 3.69. The molecule has 0 aromatic heterocycles. The van der Waals surface area contributed by atoms with Crippen LogP contribution in [-0.4, -0.2) is 48.8 Å². The van der Waals surface area contributed by atoms with Gasteiger partial charge < -0.3 is 15.2 Å². The molecule has 110 valence electrons. The Labute approximate surface area is 119 Å². The smallest absolute Gasteiger partial charge is 0.238 e. The number of methoxy groups -OCH3 is 1. The summed E-state index contributed by atoms with van der Waals surface area (Å²) >= 11 is 0. The lowest BCUT2D eigenvalue weighted by Gasteiger charge is -2.33. The standard InChI is InChI=1S/C15H22N2O3/c1-11-9-17(8-7-14(11)18)10-15(19)16-12-3-5-13(20-2)6-4-12/h3-6,11,14,18H,7-10H2,1-2H3,(H,16,19). The number of piperidine rings is 1. The summed E-state index contributed by atoms with van der Waals surface area (Å²) in [5.74, 6) is 0.957. The summed E-state index contributed by atoms with van der Waals surface area (Å²) in [7, 11) is 1.61. The van der Waals surface area contributed by atoms with Gasteiger partial charge in [0.2, 0.25) is 5.91 Å². The summed E-state index contributed by atoms with van der Waals surface area (Å²) in [5.41, 5.74) is 0.765. The molecular weight excluding hydrogens is 256 g/mol. The first-order valence-electron chi connectivity index (χ1n) is 6.93. The van der Waals surface area contributed by atoms with Crippen LogP contribution >= 0.6 is 0 Å². The first-order valence-corrected chi connectivity index (χ1v) is 6.93. The van der Waals surface area contributed by atoms with E-state index in [0.717, 1.165) is 30.9 Å². The number of benzene rings is 1. The molecule has 0 saturated carbocycles. The molecule has 1 fully saturated rings. The highest BCUT2D eigenvalue weighted by Crippen LogP contribution is 2.17. The van der Waals surface area contributed by atoms with E-state index >= 15 is 0 Å². The number of carbonyl (C=O) groups is 1. The van der Waals surface area contributed by atoms with Crippen molar-refractivity contribution in [3.05, 3.63) is 24.3 Å². The average molecular weight is 278 g/mol. The van der Waals surface area contributed by atoms with E-state index in [4.69, 9.17) is 4.74 Å². The van der Waals surface area contributed by atoms with Crippen LogP contribution in [-0.2, 0) is 4.79 Å². The van der Waals surface area contributed by atoms with Crippen LogP contribution in [0.1, 0.15) is 13.3 Å². The van der Waals surface area contributed by atoms with Crippen molar-refractivity contribution in [2.45, 2.75) is 19.4 Å². The van der Waals surface area contributed by atoms with Gasteiger partial charge in [0.25, 0.3) is 0 Å². The number of amides is 1. The van der Waals surface area contributed by atoms with Crippen molar-refractivity contribution in [3.8, 4) is 5.75 Å². The largest absolute Gasteiger partial charge is 0.497 e. The van der Waals surface area contributed by atoms with Crippen molar-refractivity contribution in [2.24, 2.45) is 5.92 Å². The number of likely N-dealkylation sites (tertiary alicyclic amines) is 1. The summed E-state index contributed by atoms with van der Waals surface area (Å²) in [5, 5.41) is 12.5. The highest BCUT2D eigenvalue weighted by molar-refractivity contribution is 5.92. The van der Waals surface area contributed by atoms with Gasteiger partial charge in [-0.15, -0.1) is 0 Å². The van der Waals surface area contributed by atoms with Gasteiger partial charge in [-0.2, -0.15) is 0 Å². The van der Waals surface area contributed by atoms with Gasteiger partial charge in [0.05, 0.1) is 19.8 Å². The van der Waals surface area contributed by atoms with Crippen molar-refractivity contribution in [1.29, 1.82) is 0 Å². The number of rotatable bonds is 4. The lowest BCUT2D eigenvalue weighted by molar-refractivity contribution is -0.118. The molecule has 2 atom stereocenters. The minimum atomic E-state index is -0.240. The highest BCUT2D eigenvalue weighted by atomic mass is 16.5. The van der Waals surface area contributed by atoms with Crippen molar-refractivity contribution in [1.82, 2.24) is 4.90 Å². The molecule has 1 heterocycles. The molecule has 2 rings (SSSR count). The Kier molecular flexibility index (Phi) is 4.98. The third-order valence-corrected chi connectivity index (χ3v) is 3.69. The zero-order valence-corrected chi connectivity index (χ0v) is 12.0. The van der Waals surface area contributed by atoms with Gasteiger partial charge in [-0.3, -0.25) is 9.69 Å². The van der Waals surface area contributed by atoms with Gasteiger partial charge in [-0.05, 0) is 36.6 Å². The third kappa shape index (κ3) is 3.95. The molecule has 1 aromatic carbocycles. The highest BCUT2D eigenvalue weighted by Gasteiger charge is 2.25. The fraction of sp³-hybridized carbons (Fsp3) is 0.533. The van der Waals surface area contributed by atoms with Gasteiger partial charge in [0, 0.05) is 18.8 Å². The molecule has 0 aliphatic carbocycles. The fourth-order valence-electron chi connectivity index (χ4n) is 2.44. The second kappa shape index (κ2) is 6.72. The maximum Gasteiger partial charge on any atom is 0.238 e. The monoisotopic (exact) mass is 278 g/mol. The first-order chi connectivity index (χ1) is 9.58. The van der Waals surface area contributed by atoms with E-state index in [2.05, 4.69) is 10.2 Å². The topological polar surface area (TPSA) is 61.8 Å². The Bertz CT molecular complexity index is 447. The Morgan fingerprint density at radius 2 is 2.15 bits per heavy atom. The molecular formula is C15H22N2O3. The lowest BCUT2D eigenvalue weighted by atomic mass is 9.97. The first kappa shape index (κ1) is 14.8. The number of ether oxygens (including phenoxy) is 1. The molecule has 2 unspecified atom stereocenters. The average Bonchev–Trinajstić information content (AvgIpc) is 2.44. The van der Waals surface area contributed by atoms with E-state index < -0.39 is 0 Å². The number of anilines is 1. The molecule has 0 spiro atoms. The fourth-order valence-corrected chi connectivity index (χ4v) is 2.44. The maximum absolute atomic E-state index is 12.0. The Hall–Kier alpha value is -1.59. The molecule has 5 nitrogen and oxygen atoms in total. The Morgan fingerprint density at radius 3 is 2.75 bits per heavy atom. The number of nitrogens with one attached hydrogen (secondary N) is 1. The Morgan fingerprint density at radius 1 is 1.45 bits per heavy atom. The van der Waals surface area contributed by atoms with Crippen LogP contribution in [0.25, 0.3) is 0 Å². The van der Waals surface area contributed by atoms with Crippen LogP contribution in [0.15, 0.2) is 24.3 Å². The zero-order chi connectivity index (χ0) is 14.5. The Balaban J connectivity index is 1.82. The van der Waals surface area contributed by atoms with E-state index in [1.165, 1.54) is 0 Å². The molecule has 20 heavy (non-hydrogen) atoms. The number of hydrogen-bond donors (Lipinski definition) is 2. The van der Waals surface area contributed by atoms with Crippen molar-refractivity contribution >= 4 is 11.6 Å². The van der Waals surface area contributed by atoms with E-state index in [0.29, 0.717) is 6.54 Å².